The molecule has 0 bridgehead atoms. The first-order valence-electron chi connectivity index (χ1n) is 7.09. The van der Waals surface area contributed by atoms with Crippen LogP contribution in [-0.2, 0) is 4.74 Å². The monoisotopic (exact) mass is 317 g/mol. The number of rotatable bonds is 2. The molecular weight excluding hydrogens is 302 g/mol. The molecule has 23 heavy (non-hydrogen) atoms. The maximum Gasteiger partial charge on any atom is 0.164 e. The molecule has 120 valence electrons. The van der Waals surface area contributed by atoms with Gasteiger partial charge in [0.15, 0.2) is 6.23 Å². The van der Waals surface area contributed by atoms with E-state index in [0.717, 1.165) is 0 Å². The van der Waals surface area contributed by atoms with Crippen molar-refractivity contribution in [2.45, 2.75) is 24.5 Å². The van der Waals surface area contributed by atoms with E-state index < -0.39 is 24.5 Å². The maximum atomic E-state index is 10.2. The zero-order valence-corrected chi connectivity index (χ0v) is 11.9. The molecule has 0 spiro atoms. The van der Waals surface area contributed by atoms with Crippen LogP contribution in [0, 0.1) is 0 Å². The second-order valence-corrected chi connectivity index (χ2v) is 5.50. The molecule has 4 atom stereocenters. The summed E-state index contributed by atoms with van der Waals surface area (Å²) in [4.78, 5) is 12.4. The number of aliphatic hydroxyl groups excluding tert-OH is 3. The zero-order valence-electron chi connectivity index (χ0n) is 11.9. The van der Waals surface area contributed by atoms with Crippen LogP contribution in [0.4, 0.5) is 5.82 Å². The van der Waals surface area contributed by atoms with Crippen LogP contribution in [0.1, 0.15) is 6.23 Å². The molecule has 4 rings (SSSR count). The number of imidazole rings is 1. The van der Waals surface area contributed by atoms with Gasteiger partial charge in [-0.2, -0.15) is 0 Å². The summed E-state index contributed by atoms with van der Waals surface area (Å²) in [7, 11) is 0. The first-order chi connectivity index (χ1) is 11.1. The molecule has 1 aliphatic heterocycles. The molecule has 1 aliphatic rings. The third-order valence-electron chi connectivity index (χ3n) is 4.15. The lowest BCUT2D eigenvalue weighted by atomic mass is 10.1. The first kappa shape index (κ1) is 14.3. The van der Waals surface area contributed by atoms with E-state index in [1.165, 1.54) is 12.7 Å². The van der Waals surface area contributed by atoms with Crippen LogP contribution in [0.15, 0.2) is 24.8 Å². The molecule has 3 aromatic rings. The van der Waals surface area contributed by atoms with Gasteiger partial charge in [0.1, 0.15) is 30.5 Å². The van der Waals surface area contributed by atoms with E-state index in [0.29, 0.717) is 27.8 Å². The predicted molar refractivity (Wildman–Crippen MR) is 80.3 cm³/mol. The summed E-state index contributed by atoms with van der Waals surface area (Å²) >= 11 is 0. The van der Waals surface area contributed by atoms with Gasteiger partial charge in [-0.1, -0.05) is 0 Å². The minimum absolute atomic E-state index is 0.339. The highest BCUT2D eigenvalue weighted by atomic mass is 16.6. The van der Waals surface area contributed by atoms with E-state index in [1.54, 1.807) is 16.7 Å². The fourth-order valence-electron chi connectivity index (χ4n) is 2.91. The van der Waals surface area contributed by atoms with Gasteiger partial charge in [-0.25, -0.2) is 15.0 Å². The summed E-state index contributed by atoms with van der Waals surface area (Å²) in [5.41, 5.74) is 7.85. The van der Waals surface area contributed by atoms with E-state index in [-0.39, 0.29) is 6.61 Å². The van der Waals surface area contributed by atoms with E-state index in [4.69, 9.17) is 10.5 Å². The molecule has 9 heteroatoms. The lowest BCUT2D eigenvalue weighted by Crippen LogP contribution is -2.33. The molecule has 1 fully saturated rings. The Labute approximate surface area is 130 Å². The van der Waals surface area contributed by atoms with Gasteiger partial charge in [-0.05, 0) is 12.1 Å². The minimum atomic E-state index is -1.18. The number of nitrogens with zero attached hydrogens (tertiary/aromatic N) is 4. The van der Waals surface area contributed by atoms with Gasteiger partial charge in [-0.3, -0.25) is 0 Å². The fraction of sp³-hybridized carbons (Fsp3) is 0.357. The van der Waals surface area contributed by atoms with E-state index in [9.17, 15) is 15.3 Å². The van der Waals surface area contributed by atoms with Crippen LogP contribution in [-0.4, -0.2) is 59.8 Å². The zero-order chi connectivity index (χ0) is 16.1. The summed E-state index contributed by atoms with van der Waals surface area (Å²) in [6, 6.07) is 3.53. The number of ether oxygens (including phenoxy) is 1. The van der Waals surface area contributed by atoms with Gasteiger partial charge < -0.3 is 30.4 Å². The number of nitrogen functional groups attached to an aromatic ring is 1. The summed E-state index contributed by atoms with van der Waals surface area (Å²) < 4.78 is 7.14. The van der Waals surface area contributed by atoms with Gasteiger partial charge in [-0.15, -0.1) is 0 Å². The van der Waals surface area contributed by atoms with Gasteiger partial charge in [0, 0.05) is 5.39 Å². The van der Waals surface area contributed by atoms with Crippen LogP contribution in [0.2, 0.25) is 0 Å². The molecule has 4 unspecified atom stereocenters. The topological polar surface area (TPSA) is 140 Å². The van der Waals surface area contributed by atoms with Gasteiger partial charge in [0.2, 0.25) is 0 Å². The number of benzene rings is 1. The first-order valence-corrected chi connectivity index (χ1v) is 7.09. The Morgan fingerprint density at radius 3 is 2.70 bits per heavy atom. The molecule has 0 aliphatic carbocycles. The van der Waals surface area contributed by atoms with Crippen LogP contribution in [0.25, 0.3) is 21.9 Å². The molecule has 1 saturated heterocycles. The van der Waals surface area contributed by atoms with Crippen molar-refractivity contribution in [1.82, 2.24) is 19.5 Å². The molecule has 3 heterocycles. The van der Waals surface area contributed by atoms with Crippen molar-refractivity contribution in [2.75, 3.05) is 12.3 Å². The maximum absolute atomic E-state index is 10.2. The normalized spacial score (nSPS) is 28.0. The lowest BCUT2D eigenvalue weighted by Gasteiger charge is -2.17. The van der Waals surface area contributed by atoms with Crippen molar-refractivity contribution in [2.24, 2.45) is 0 Å². The minimum Gasteiger partial charge on any atom is -0.394 e. The number of hydrogen-bond donors (Lipinski definition) is 4. The van der Waals surface area contributed by atoms with Crippen molar-refractivity contribution in [3.8, 4) is 0 Å². The Hall–Kier alpha value is -2.33. The largest absolute Gasteiger partial charge is 0.394 e. The highest BCUT2D eigenvalue weighted by molar-refractivity contribution is 5.97. The Morgan fingerprint density at radius 2 is 1.96 bits per heavy atom. The third-order valence-corrected chi connectivity index (χ3v) is 4.15. The number of aromatic nitrogens is 4. The van der Waals surface area contributed by atoms with Crippen LogP contribution in [0.5, 0.6) is 0 Å². The summed E-state index contributed by atoms with van der Waals surface area (Å²) in [6.07, 6.45) is -1.15. The Bertz CT molecular complexity index is 882. The quantitative estimate of drug-likeness (QED) is 0.480. The number of fused-ring (bicyclic) bond motifs is 2. The summed E-state index contributed by atoms with van der Waals surface area (Å²) in [5, 5.41) is 29.9. The van der Waals surface area contributed by atoms with Gasteiger partial charge in [0.25, 0.3) is 0 Å². The molecule has 0 radical (unpaired) electrons. The highest BCUT2D eigenvalue weighted by Gasteiger charge is 2.43. The molecule has 5 N–H and O–H groups in total. The Morgan fingerprint density at radius 1 is 1.13 bits per heavy atom. The molecular formula is C14H15N5O4. The number of nitrogens with two attached hydrogens (primary N) is 1. The predicted octanol–water partition coefficient (Wildman–Crippen LogP) is -0.827. The van der Waals surface area contributed by atoms with Crippen LogP contribution >= 0.6 is 0 Å². The number of aliphatic hydroxyl groups is 3. The molecule has 0 saturated carbocycles. The van der Waals surface area contributed by atoms with Crippen molar-refractivity contribution >= 4 is 27.8 Å². The Balaban J connectivity index is 1.86. The molecule has 1 aromatic carbocycles. The van der Waals surface area contributed by atoms with Gasteiger partial charge in [0.05, 0.1) is 29.5 Å². The number of anilines is 1. The molecule has 0 amide bonds. The van der Waals surface area contributed by atoms with Gasteiger partial charge >= 0.3 is 0 Å². The molecule has 9 nitrogen and oxygen atoms in total. The second-order valence-electron chi connectivity index (χ2n) is 5.50. The van der Waals surface area contributed by atoms with Crippen LogP contribution < -0.4 is 5.73 Å². The average molecular weight is 317 g/mol. The third kappa shape index (κ3) is 2.05. The fourth-order valence-corrected chi connectivity index (χ4v) is 2.91. The summed E-state index contributed by atoms with van der Waals surface area (Å²) in [6.45, 7) is -0.384. The smallest absolute Gasteiger partial charge is 0.164 e. The van der Waals surface area contributed by atoms with Crippen LogP contribution in [0.3, 0.4) is 0 Å². The van der Waals surface area contributed by atoms with Crippen molar-refractivity contribution in [3.63, 3.8) is 0 Å². The van der Waals surface area contributed by atoms with E-state index in [1.807, 2.05) is 0 Å². The Kier molecular flexibility index (Phi) is 3.16. The average Bonchev–Trinajstić information content (AvgIpc) is 3.08. The summed E-state index contributed by atoms with van der Waals surface area (Å²) in [5.74, 6) is 0.339. The second kappa shape index (κ2) is 5.10. The van der Waals surface area contributed by atoms with Crippen molar-refractivity contribution < 1.29 is 20.1 Å². The van der Waals surface area contributed by atoms with E-state index in [2.05, 4.69) is 15.0 Å². The lowest BCUT2D eigenvalue weighted by molar-refractivity contribution is -0.0508. The standard InChI is InChI=1S/C14H15N5O4/c15-13-6-1-9-8(2-7(6)16-4-17-13)18-5-19(9)14-12(22)11(21)10(3-20)23-14/h1-2,4-5,10-12,14,20-22H,3H2,(H2,15,16,17). The highest BCUT2D eigenvalue weighted by Crippen LogP contribution is 2.33. The SMILES string of the molecule is Nc1ncnc2cc3ncn(C4OC(CO)C(O)C4O)c3cc12. The number of hydrogen-bond acceptors (Lipinski definition) is 8. The van der Waals surface area contributed by atoms with Crippen molar-refractivity contribution in [3.05, 3.63) is 24.8 Å². The van der Waals surface area contributed by atoms with E-state index >= 15 is 0 Å². The van der Waals surface area contributed by atoms with Crippen molar-refractivity contribution in [1.29, 1.82) is 0 Å². The molecule has 2 aromatic heterocycles.